The van der Waals surface area contributed by atoms with E-state index in [0.717, 1.165) is 0 Å². The lowest BCUT2D eigenvalue weighted by molar-refractivity contribution is -0.143. The summed E-state index contributed by atoms with van der Waals surface area (Å²) in [5.41, 5.74) is -1.22. The number of ether oxygens (including phenoxy) is 2. The Morgan fingerprint density at radius 1 is 0.952 bits per heavy atom. The highest BCUT2D eigenvalue weighted by Gasteiger charge is 2.48. The van der Waals surface area contributed by atoms with Gasteiger partial charge in [-0.15, -0.1) is 0 Å². The molecule has 3 aromatic rings. The number of amides is 1. The van der Waals surface area contributed by atoms with Crippen molar-refractivity contribution in [2.24, 2.45) is 0 Å². The van der Waals surface area contributed by atoms with Gasteiger partial charge in [0.1, 0.15) is 5.82 Å². The van der Waals surface area contributed by atoms with Crippen molar-refractivity contribution in [1.82, 2.24) is 9.88 Å². The Bertz CT molecular complexity index is 1450. The Morgan fingerprint density at radius 3 is 2.14 bits per heavy atom. The quantitative estimate of drug-likeness (QED) is 0.284. The summed E-state index contributed by atoms with van der Waals surface area (Å²) in [5.74, 6) is -0.993. The van der Waals surface area contributed by atoms with Gasteiger partial charge in [-0.05, 0) is 72.0 Å². The molecule has 0 N–H and O–H groups in total. The van der Waals surface area contributed by atoms with Crippen molar-refractivity contribution in [1.29, 1.82) is 0 Å². The molecular weight excluding hydrogens is 569 g/mol. The van der Waals surface area contributed by atoms with E-state index in [1.165, 1.54) is 44.4 Å². The first-order valence-electron chi connectivity index (χ1n) is 13.0. The minimum absolute atomic E-state index is 0.0333. The molecule has 1 saturated heterocycles. The summed E-state index contributed by atoms with van der Waals surface area (Å²) in [6, 6.07) is 9.82. The monoisotopic (exact) mass is 594 g/mol. The number of carbonyl (C=O) groups excluding carboxylic acids is 1. The van der Waals surface area contributed by atoms with Crippen LogP contribution in [0.4, 0.5) is 30.7 Å². The number of aromatic nitrogens is 1. The zero-order valence-electron chi connectivity index (χ0n) is 22.3. The van der Waals surface area contributed by atoms with Gasteiger partial charge in [0.25, 0.3) is 0 Å². The van der Waals surface area contributed by atoms with Crippen molar-refractivity contribution in [3.8, 4) is 5.88 Å². The van der Waals surface area contributed by atoms with Crippen LogP contribution < -0.4 is 4.74 Å². The zero-order chi connectivity index (χ0) is 30.4. The van der Waals surface area contributed by atoms with E-state index >= 15 is 0 Å². The highest BCUT2D eigenvalue weighted by Crippen LogP contribution is 2.45. The molecule has 1 unspecified atom stereocenters. The Morgan fingerprint density at radius 2 is 1.60 bits per heavy atom. The second-order valence-electron chi connectivity index (χ2n) is 10.3. The molecule has 0 aliphatic carbocycles. The van der Waals surface area contributed by atoms with Crippen LogP contribution in [0, 0.1) is 5.82 Å². The maximum Gasteiger partial charge on any atom is 0.416 e. The first-order valence-corrected chi connectivity index (χ1v) is 13.0. The molecule has 0 bridgehead atoms. The van der Waals surface area contributed by atoms with E-state index in [4.69, 9.17) is 9.47 Å². The van der Waals surface area contributed by atoms with Gasteiger partial charge in [0.05, 0.1) is 30.4 Å². The predicted octanol–water partition coefficient (Wildman–Crippen LogP) is 7.20. The largest absolute Gasteiger partial charge is 0.481 e. The Labute approximate surface area is 236 Å². The van der Waals surface area contributed by atoms with Crippen molar-refractivity contribution < 1.29 is 45.0 Å². The van der Waals surface area contributed by atoms with Gasteiger partial charge in [-0.2, -0.15) is 26.3 Å². The molecule has 222 valence electrons. The van der Waals surface area contributed by atoms with E-state index in [0.29, 0.717) is 41.1 Å². The minimum Gasteiger partial charge on any atom is -0.481 e. The van der Waals surface area contributed by atoms with Crippen molar-refractivity contribution in [2.75, 3.05) is 13.7 Å². The molecule has 0 radical (unpaired) electrons. The topological polar surface area (TPSA) is 51.7 Å². The van der Waals surface area contributed by atoms with Crippen molar-refractivity contribution in [3.63, 3.8) is 0 Å². The van der Waals surface area contributed by atoms with Crippen LogP contribution in [0.5, 0.6) is 5.88 Å². The van der Waals surface area contributed by atoms with E-state index in [-0.39, 0.29) is 24.1 Å². The molecule has 3 heterocycles. The molecule has 2 aliphatic rings. The van der Waals surface area contributed by atoms with E-state index in [1.807, 2.05) is 0 Å². The molecule has 2 aliphatic heterocycles. The molecule has 2 aromatic carbocycles. The number of rotatable bonds is 6. The number of hydrogen-bond acceptors (Lipinski definition) is 4. The summed E-state index contributed by atoms with van der Waals surface area (Å²) in [6.45, 7) is 1.40. The molecule has 1 aromatic heterocycles. The summed E-state index contributed by atoms with van der Waals surface area (Å²) >= 11 is 0. The van der Waals surface area contributed by atoms with Crippen LogP contribution in [0.15, 0.2) is 66.9 Å². The molecule has 0 saturated carbocycles. The van der Waals surface area contributed by atoms with Gasteiger partial charge >= 0.3 is 12.4 Å². The van der Waals surface area contributed by atoms with Crippen LogP contribution in [0.2, 0.25) is 0 Å². The Kier molecular flexibility index (Phi) is 7.78. The maximum atomic E-state index is 13.8. The lowest BCUT2D eigenvalue weighted by atomic mass is 9.84. The average Bonchev–Trinajstić information content (AvgIpc) is 3.30. The molecule has 42 heavy (non-hydrogen) atoms. The number of carbonyl (C=O) groups is 1. The maximum absolute atomic E-state index is 13.8. The molecule has 4 atom stereocenters. The number of alkyl halides is 6. The Balaban J connectivity index is 1.48. The fourth-order valence-electron chi connectivity index (χ4n) is 5.59. The first-order chi connectivity index (χ1) is 19.7. The van der Waals surface area contributed by atoms with Crippen LogP contribution in [-0.2, 0) is 21.9 Å². The third-order valence-corrected chi connectivity index (χ3v) is 7.63. The van der Waals surface area contributed by atoms with Gasteiger partial charge in [0.2, 0.25) is 11.8 Å². The van der Waals surface area contributed by atoms with Crippen molar-refractivity contribution >= 4 is 11.5 Å². The number of methoxy groups -OCH3 is 1. The van der Waals surface area contributed by atoms with Crippen LogP contribution in [0.3, 0.4) is 0 Å². The number of fused-ring (bicyclic) bond motifs is 1. The normalized spacial score (nSPS) is 21.6. The smallest absolute Gasteiger partial charge is 0.416 e. The van der Waals surface area contributed by atoms with Gasteiger partial charge < -0.3 is 14.4 Å². The number of benzene rings is 2. The van der Waals surface area contributed by atoms with E-state index in [9.17, 15) is 35.5 Å². The van der Waals surface area contributed by atoms with Gasteiger partial charge in [-0.3, -0.25) is 4.79 Å². The Hall–Kier alpha value is -3.93. The summed E-state index contributed by atoms with van der Waals surface area (Å²) in [6.07, 6.45) is -8.64. The lowest BCUT2D eigenvalue weighted by Gasteiger charge is -2.32. The van der Waals surface area contributed by atoms with E-state index in [1.54, 1.807) is 23.2 Å². The number of pyridine rings is 1. The van der Waals surface area contributed by atoms with Gasteiger partial charge in [-0.25, -0.2) is 9.37 Å². The standard InChI is InChI=1S/C30H25F7N2O3/c1-16(19-9-21(29(32,33)34)13-22(10-19)30(35,36)37)42-25-15-39-24(28(25)17-3-6-23(31)7-4-17)11-20(12-27(39)40)18-5-8-26(41-2)38-14-18/h3-10,12-14,16,24-25,28H,11,15H2,1-2H3/t16-,24?,25+,28+/m1/s1. The molecule has 1 amide bonds. The highest BCUT2D eigenvalue weighted by atomic mass is 19.4. The second-order valence-corrected chi connectivity index (χ2v) is 10.3. The highest BCUT2D eigenvalue weighted by molar-refractivity contribution is 5.97. The molecule has 5 nitrogen and oxygen atoms in total. The van der Waals surface area contributed by atoms with Gasteiger partial charge in [-0.1, -0.05) is 12.1 Å². The third kappa shape index (κ3) is 5.99. The summed E-state index contributed by atoms with van der Waals surface area (Å²) in [5, 5.41) is 0. The van der Waals surface area contributed by atoms with Gasteiger partial charge in [0.15, 0.2) is 0 Å². The van der Waals surface area contributed by atoms with Crippen LogP contribution >= 0.6 is 0 Å². The van der Waals surface area contributed by atoms with Crippen molar-refractivity contribution in [2.45, 2.75) is 49.9 Å². The third-order valence-electron chi connectivity index (χ3n) is 7.63. The average molecular weight is 595 g/mol. The molecule has 12 heteroatoms. The minimum atomic E-state index is -5.01. The molecular formula is C30H25F7N2O3. The molecule has 0 spiro atoms. The molecule has 5 rings (SSSR count). The first kappa shape index (κ1) is 29.6. The van der Waals surface area contributed by atoms with Gasteiger partial charge in [0, 0.05) is 36.8 Å². The lowest BCUT2D eigenvalue weighted by Crippen LogP contribution is -2.39. The van der Waals surface area contributed by atoms with E-state index in [2.05, 4.69) is 4.98 Å². The number of halogens is 7. The second kappa shape index (κ2) is 11.0. The summed E-state index contributed by atoms with van der Waals surface area (Å²) in [7, 11) is 1.47. The zero-order valence-corrected chi connectivity index (χ0v) is 22.3. The number of hydrogen-bond donors (Lipinski definition) is 0. The van der Waals surface area contributed by atoms with E-state index < -0.39 is 53.5 Å². The fourth-order valence-corrected chi connectivity index (χ4v) is 5.59. The SMILES string of the molecule is COc1ccc(C2=CC(=O)N3C[C@H](O[C@H](C)c4cc(C(F)(F)F)cc(C(F)(F)F)c4)[C@@H](c4ccc(F)cc4)C3C2)cn1. The summed E-state index contributed by atoms with van der Waals surface area (Å²) < 4.78 is 106. The number of nitrogens with zero attached hydrogens (tertiary/aromatic N) is 2. The van der Waals surface area contributed by atoms with Crippen molar-refractivity contribution in [3.05, 3.63) is 101 Å². The summed E-state index contributed by atoms with van der Waals surface area (Å²) in [4.78, 5) is 19.0. The van der Waals surface area contributed by atoms with Crippen LogP contribution in [0.25, 0.3) is 5.57 Å². The molecule has 1 fully saturated rings. The predicted molar refractivity (Wildman–Crippen MR) is 138 cm³/mol. The van der Waals surface area contributed by atoms with Crippen LogP contribution in [0.1, 0.15) is 53.2 Å². The fraction of sp³-hybridized carbons (Fsp3) is 0.333. The van der Waals surface area contributed by atoms with Crippen LogP contribution in [-0.4, -0.2) is 41.6 Å².